The quantitative estimate of drug-likeness (QED) is 0.231. The van der Waals surface area contributed by atoms with Gasteiger partial charge in [-0.15, -0.1) is 0 Å². The number of carboxylic acids is 1. The Morgan fingerprint density at radius 3 is 2.42 bits per heavy atom. The molecule has 0 unspecified atom stereocenters. The minimum absolute atomic E-state index is 0. The van der Waals surface area contributed by atoms with E-state index in [0.717, 1.165) is 51.4 Å². The van der Waals surface area contributed by atoms with E-state index in [9.17, 15) is 9.90 Å². The van der Waals surface area contributed by atoms with E-state index in [-0.39, 0.29) is 19.6 Å². The van der Waals surface area contributed by atoms with Gasteiger partial charge >= 0.3 is 5.97 Å². The molecule has 0 fully saturated rings. The van der Waals surface area contributed by atoms with Crippen molar-refractivity contribution < 1.29 is 15.0 Å². The minimum Gasteiger partial charge on any atom is -0.481 e. The predicted octanol–water partition coefficient (Wildman–Crippen LogP) is 5.52. The zero-order valence-corrected chi connectivity index (χ0v) is 16.1. The fourth-order valence-electron chi connectivity index (χ4n) is 2.23. The van der Waals surface area contributed by atoms with Crippen LogP contribution in [0.4, 0.5) is 0 Å². The van der Waals surface area contributed by atoms with Gasteiger partial charge < -0.3 is 10.2 Å². The molecule has 140 valence electrons. The van der Waals surface area contributed by atoms with Crippen LogP contribution in [-0.4, -0.2) is 22.3 Å². The van der Waals surface area contributed by atoms with Gasteiger partial charge in [0.2, 0.25) is 0 Å². The lowest BCUT2D eigenvalue weighted by atomic mass is 10.1. The third-order valence-corrected chi connectivity index (χ3v) is 3.63. The van der Waals surface area contributed by atoms with Crippen molar-refractivity contribution in [1.82, 2.24) is 0 Å². The predicted molar refractivity (Wildman–Crippen MR) is 108 cm³/mol. The summed E-state index contributed by atoms with van der Waals surface area (Å²) in [6.07, 6.45) is 22.5. The maximum absolute atomic E-state index is 10.3. The van der Waals surface area contributed by atoms with Gasteiger partial charge in [-0.2, -0.15) is 13.5 Å². The van der Waals surface area contributed by atoms with Gasteiger partial charge in [-0.3, -0.25) is 4.79 Å². The maximum atomic E-state index is 10.3. The van der Waals surface area contributed by atoms with Gasteiger partial charge in [0, 0.05) is 6.42 Å². The van der Waals surface area contributed by atoms with Crippen molar-refractivity contribution >= 4 is 19.5 Å². The molecule has 0 rings (SSSR count). The van der Waals surface area contributed by atoms with E-state index < -0.39 is 5.97 Å². The Bertz CT molecular complexity index is 362. The molecule has 0 aromatic rings. The molecule has 0 spiro atoms. The Labute approximate surface area is 155 Å². The average molecular weight is 357 g/mol. The van der Waals surface area contributed by atoms with E-state index in [1.807, 2.05) is 18.2 Å². The largest absolute Gasteiger partial charge is 0.481 e. The van der Waals surface area contributed by atoms with Crippen LogP contribution in [0.1, 0.15) is 77.6 Å². The van der Waals surface area contributed by atoms with Crippen LogP contribution < -0.4 is 0 Å². The fourth-order valence-corrected chi connectivity index (χ4v) is 2.23. The molecule has 0 aromatic carbocycles. The highest BCUT2D eigenvalue weighted by molar-refractivity contribution is 7.59. The van der Waals surface area contributed by atoms with Gasteiger partial charge in [0.1, 0.15) is 0 Å². The molecular weight excluding hydrogens is 320 g/mol. The summed E-state index contributed by atoms with van der Waals surface area (Å²) in [4.78, 5) is 10.3. The molecule has 0 heterocycles. The summed E-state index contributed by atoms with van der Waals surface area (Å²) in [6.45, 7) is 2.16. The van der Waals surface area contributed by atoms with Gasteiger partial charge in [0.15, 0.2) is 0 Å². The molecule has 3 nitrogen and oxygen atoms in total. The van der Waals surface area contributed by atoms with Crippen LogP contribution >= 0.6 is 13.5 Å². The number of hydrogen-bond acceptors (Lipinski definition) is 2. The van der Waals surface area contributed by atoms with E-state index in [0.29, 0.717) is 6.42 Å². The van der Waals surface area contributed by atoms with E-state index in [1.54, 1.807) is 0 Å². The zero-order chi connectivity index (χ0) is 17.2. The summed E-state index contributed by atoms with van der Waals surface area (Å²) in [7, 11) is 0. The molecule has 1 atom stereocenters. The smallest absolute Gasteiger partial charge is 0.303 e. The second kappa shape index (κ2) is 20.0. The van der Waals surface area contributed by atoms with E-state index in [4.69, 9.17) is 5.11 Å². The van der Waals surface area contributed by atoms with Crippen molar-refractivity contribution in [2.24, 2.45) is 0 Å². The molecule has 4 heteroatoms. The molecule has 0 aliphatic rings. The highest BCUT2D eigenvalue weighted by atomic mass is 32.1. The first-order chi connectivity index (χ1) is 11.2. The number of allylic oxidation sites excluding steroid dienone is 5. The van der Waals surface area contributed by atoms with Crippen LogP contribution in [0.5, 0.6) is 0 Å². The van der Waals surface area contributed by atoms with Crippen LogP contribution in [-0.2, 0) is 4.79 Å². The highest BCUT2D eigenvalue weighted by Gasteiger charge is 1.96. The summed E-state index contributed by atoms with van der Waals surface area (Å²) >= 11 is 0. The number of carbonyl (C=O) groups is 1. The first kappa shape index (κ1) is 25.2. The van der Waals surface area contributed by atoms with Crippen molar-refractivity contribution in [3.63, 3.8) is 0 Å². The summed E-state index contributed by atoms with van der Waals surface area (Å²) in [5.74, 6) is -0.695. The first-order valence-electron chi connectivity index (χ1n) is 9.05. The zero-order valence-electron chi connectivity index (χ0n) is 15.1. The minimum atomic E-state index is -0.695. The van der Waals surface area contributed by atoms with Crippen molar-refractivity contribution in [3.05, 3.63) is 36.5 Å². The summed E-state index contributed by atoms with van der Waals surface area (Å²) in [5.41, 5.74) is 0. The topological polar surface area (TPSA) is 57.5 Å². The number of carboxylic acid groups (broad SMARTS) is 1. The molecule has 0 saturated heterocycles. The number of aliphatic carboxylic acids is 1. The number of unbranched alkanes of at least 4 members (excludes halogenated alkanes) is 6. The highest BCUT2D eigenvalue weighted by Crippen LogP contribution is 2.06. The molecule has 0 aliphatic carbocycles. The normalized spacial score (nSPS) is 12.9. The standard InChI is InChI=1S/C20H34O3.H2S/c1-2-3-13-16-19(21)17-14-11-9-7-5-4-6-8-10-12-15-18-20(22)23;/h4-5,9,11,14,17,19,21H,2-3,6-8,10,12-13,15-16,18H2,1H3,(H,22,23);1H2/b5-4-,11-9-,17-14+;/t19-;/m0./s1. The molecule has 0 aliphatic heterocycles. The summed E-state index contributed by atoms with van der Waals surface area (Å²) in [6, 6.07) is 0. The first-order valence-corrected chi connectivity index (χ1v) is 9.05. The Hall–Kier alpha value is -1.00. The monoisotopic (exact) mass is 356 g/mol. The lowest BCUT2D eigenvalue weighted by Gasteiger charge is -2.02. The van der Waals surface area contributed by atoms with Crippen molar-refractivity contribution in [2.75, 3.05) is 0 Å². The maximum Gasteiger partial charge on any atom is 0.303 e. The summed E-state index contributed by atoms with van der Waals surface area (Å²) in [5, 5.41) is 18.2. The van der Waals surface area contributed by atoms with Crippen LogP contribution in [0.3, 0.4) is 0 Å². The molecule has 0 aromatic heterocycles. The van der Waals surface area contributed by atoms with Crippen molar-refractivity contribution in [1.29, 1.82) is 0 Å². The molecule has 0 bridgehead atoms. The van der Waals surface area contributed by atoms with Crippen molar-refractivity contribution in [3.8, 4) is 0 Å². The van der Waals surface area contributed by atoms with Crippen LogP contribution in [0.15, 0.2) is 36.5 Å². The second-order valence-corrected chi connectivity index (χ2v) is 5.93. The summed E-state index contributed by atoms with van der Waals surface area (Å²) < 4.78 is 0. The van der Waals surface area contributed by atoms with E-state index in [2.05, 4.69) is 25.2 Å². The number of hydrogen-bond donors (Lipinski definition) is 2. The lowest BCUT2D eigenvalue weighted by molar-refractivity contribution is -0.137. The van der Waals surface area contributed by atoms with Gasteiger partial charge in [0.25, 0.3) is 0 Å². The lowest BCUT2D eigenvalue weighted by Crippen LogP contribution is -2.00. The van der Waals surface area contributed by atoms with Crippen molar-refractivity contribution in [2.45, 2.75) is 83.7 Å². The number of aliphatic hydroxyl groups excluding tert-OH is 1. The molecule has 0 amide bonds. The third kappa shape index (κ3) is 21.0. The molecular formula is C20H36O3S. The molecule has 24 heavy (non-hydrogen) atoms. The number of rotatable bonds is 15. The van der Waals surface area contributed by atoms with Crippen LogP contribution in [0.25, 0.3) is 0 Å². The van der Waals surface area contributed by atoms with Gasteiger partial charge in [0.05, 0.1) is 6.10 Å². The molecule has 0 saturated carbocycles. The Balaban J connectivity index is 0. The van der Waals surface area contributed by atoms with E-state index >= 15 is 0 Å². The van der Waals surface area contributed by atoms with Gasteiger partial charge in [-0.1, -0.05) is 75.5 Å². The van der Waals surface area contributed by atoms with Crippen LogP contribution in [0.2, 0.25) is 0 Å². The fraction of sp³-hybridized carbons (Fsp3) is 0.650. The van der Waals surface area contributed by atoms with Gasteiger partial charge in [-0.05, 0) is 32.1 Å². The van der Waals surface area contributed by atoms with Gasteiger partial charge in [-0.25, -0.2) is 0 Å². The third-order valence-electron chi connectivity index (χ3n) is 3.63. The SMILES string of the molecule is CCCCC[C@H](O)/C=C/C=C\C/C=C\CCCCCCC(=O)O.S. The Morgan fingerprint density at radius 1 is 0.958 bits per heavy atom. The Kier molecular flexibility index (Phi) is 21.1. The average Bonchev–Trinajstić information content (AvgIpc) is 2.51. The Morgan fingerprint density at radius 2 is 1.71 bits per heavy atom. The second-order valence-electron chi connectivity index (χ2n) is 5.93. The molecule has 2 N–H and O–H groups in total. The number of aliphatic hydroxyl groups is 1. The molecule has 0 radical (unpaired) electrons. The van der Waals surface area contributed by atoms with E-state index in [1.165, 1.54) is 12.8 Å². The van der Waals surface area contributed by atoms with Crippen LogP contribution in [0, 0.1) is 0 Å².